The summed E-state index contributed by atoms with van der Waals surface area (Å²) in [5.74, 6) is 3.02. The van der Waals surface area contributed by atoms with Crippen molar-refractivity contribution in [2.75, 3.05) is 19.5 Å². The molecule has 1 aromatic carbocycles. The Balaban J connectivity index is 1.41. The highest BCUT2D eigenvalue weighted by Crippen LogP contribution is 2.60. The average Bonchev–Trinajstić information content (AvgIpc) is 2.71. The SMILES string of the molecule is COCCn1c(SCC(=O)C23CC4CC(CC(C4)C2)C3)nc2ccc(Br)cc2c1=O. The van der Waals surface area contributed by atoms with Gasteiger partial charge in [0.1, 0.15) is 5.78 Å². The average molecular weight is 491 g/mol. The second-order valence-electron chi connectivity index (χ2n) is 9.42. The Bertz CT molecular complexity index is 1020. The highest BCUT2D eigenvalue weighted by atomic mass is 79.9. The van der Waals surface area contributed by atoms with Crippen LogP contribution in [0.4, 0.5) is 0 Å². The van der Waals surface area contributed by atoms with Crippen molar-refractivity contribution < 1.29 is 9.53 Å². The number of methoxy groups -OCH3 is 1. The maximum atomic E-state index is 13.4. The molecule has 4 fully saturated rings. The number of hydrogen-bond donors (Lipinski definition) is 0. The van der Waals surface area contributed by atoms with E-state index in [0.717, 1.165) is 41.5 Å². The van der Waals surface area contributed by atoms with Crippen LogP contribution >= 0.6 is 27.7 Å². The number of ether oxygens (including phenoxy) is 1. The highest BCUT2D eigenvalue weighted by molar-refractivity contribution is 9.10. The molecule has 1 heterocycles. The van der Waals surface area contributed by atoms with E-state index in [1.165, 1.54) is 31.0 Å². The Morgan fingerprint density at radius 1 is 1.23 bits per heavy atom. The van der Waals surface area contributed by atoms with E-state index in [2.05, 4.69) is 15.9 Å². The monoisotopic (exact) mass is 490 g/mol. The molecule has 0 aliphatic heterocycles. The van der Waals surface area contributed by atoms with E-state index in [1.54, 1.807) is 11.7 Å². The minimum Gasteiger partial charge on any atom is -0.383 e. The summed E-state index contributed by atoms with van der Waals surface area (Å²) in [6.07, 6.45) is 7.23. The van der Waals surface area contributed by atoms with Crippen LogP contribution < -0.4 is 5.56 Å². The Morgan fingerprint density at radius 3 is 2.53 bits per heavy atom. The van der Waals surface area contributed by atoms with E-state index < -0.39 is 0 Å². The zero-order chi connectivity index (χ0) is 20.9. The van der Waals surface area contributed by atoms with Gasteiger partial charge in [0, 0.05) is 17.0 Å². The van der Waals surface area contributed by atoms with E-state index in [9.17, 15) is 9.59 Å². The van der Waals surface area contributed by atoms with Gasteiger partial charge in [0.15, 0.2) is 5.16 Å². The summed E-state index contributed by atoms with van der Waals surface area (Å²) < 4.78 is 7.72. The summed E-state index contributed by atoms with van der Waals surface area (Å²) in [6.45, 7) is 0.857. The summed E-state index contributed by atoms with van der Waals surface area (Å²) in [5.41, 5.74) is 0.478. The summed E-state index contributed by atoms with van der Waals surface area (Å²) in [7, 11) is 1.62. The number of nitrogens with zero attached hydrogens (tertiary/aromatic N) is 2. The summed E-state index contributed by atoms with van der Waals surface area (Å²) in [6, 6.07) is 5.55. The maximum Gasteiger partial charge on any atom is 0.262 e. The standard InChI is InChI=1S/C23H27BrN2O3S/c1-29-5-4-26-21(28)18-9-17(24)2-3-19(18)25-22(26)30-13-20(27)23-10-14-6-15(11-23)8-16(7-14)12-23/h2-3,9,14-16H,4-8,10-13H2,1H3. The largest absolute Gasteiger partial charge is 0.383 e. The van der Waals surface area contributed by atoms with Crippen LogP contribution in [-0.4, -0.2) is 34.8 Å². The molecule has 160 valence electrons. The van der Waals surface area contributed by atoms with E-state index >= 15 is 0 Å². The number of carbonyl (C=O) groups excluding carboxylic acids is 1. The quantitative estimate of drug-likeness (QED) is 0.416. The van der Waals surface area contributed by atoms with Crippen molar-refractivity contribution in [1.82, 2.24) is 9.55 Å². The lowest BCUT2D eigenvalue weighted by Gasteiger charge is -2.56. The van der Waals surface area contributed by atoms with Gasteiger partial charge in [-0.1, -0.05) is 27.7 Å². The van der Waals surface area contributed by atoms with Gasteiger partial charge in [-0.25, -0.2) is 4.98 Å². The van der Waals surface area contributed by atoms with Crippen molar-refractivity contribution in [3.05, 3.63) is 33.0 Å². The van der Waals surface area contributed by atoms with Gasteiger partial charge in [-0.15, -0.1) is 0 Å². The predicted octanol–water partition coefficient (Wildman–Crippen LogP) is 4.68. The number of carbonyl (C=O) groups is 1. The fourth-order valence-corrected chi connectivity index (χ4v) is 7.82. The van der Waals surface area contributed by atoms with Crippen LogP contribution in [0, 0.1) is 23.2 Å². The molecule has 4 saturated carbocycles. The van der Waals surface area contributed by atoms with Crippen LogP contribution in [0.5, 0.6) is 0 Å². The molecule has 6 rings (SSSR count). The van der Waals surface area contributed by atoms with Crippen LogP contribution in [-0.2, 0) is 16.1 Å². The van der Waals surface area contributed by atoms with Crippen LogP contribution in [0.25, 0.3) is 10.9 Å². The predicted molar refractivity (Wildman–Crippen MR) is 122 cm³/mol. The number of thioether (sulfide) groups is 1. The molecule has 5 nitrogen and oxygen atoms in total. The van der Waals surface area contributed by atoms with Crippen molar-refractivity contribution in [1.29, 1.82) is 0 Å². The Hall–Kier alpha value is -1.18. The summed E-state index contributed by atoms with van der Waals surface area (Å²) >= 11 is 4.86. The van der Waals surface area contributed by atoms with Crippen molar-refractivity contribution in [3.8, 4) is 0 Å². The number of fused-ring (bicyclic) bond motifs is 1. The van der Waals surface area contributed by atoms with E-state index in [4.69, 9.17) is 9.72 Å². The number of hydrogen-bond acceptors (Lipinski definition) is 5. The number of rotatable bonds is 7. The number of halogens is 1. The molecule has 0 atom stereocenters. The zero-order valence-corrected chi connectivity index (χ0v) is 19.6. The normalized spacial score (nSPS) is 29.6. The number of Topliss-reactive ketones (excluding diaryl/α,β-unsaturated/α-hetero) is 1. The van der Waals surface area contributed by atoms with Gasteiger partial charge >= 0.3 is 0 Å². The smallest absolute Gasteiger partial charge is 0.262 e. The van der Waals surface area contributed by atoms with Crippen molar-refractivity contribution in [2.45, 2.75) is 50.2 Å². The third kappa shape index (κ3) is 3.67. The third-order valence-electron chi connectivity index (χ3n) is 7.36. The molecule has 4 aliphatic rings. The first-order chi connectivity index (χ1) is 14.5. The number of ketones is 1. The molecule has 30 heavy (non-hydrogen) atoms. The van der Waals surface area contributed by atoms with Crippen molar-refractivity contribution >= 4 is 44.4 Å². The second kappa shape index (κ2) is 8.06. The minimum absolute atomic E-state index is 0.0805. The zero-order valence-electron chi connectivity index (χ0n) is 17.2. The van der Waals surface area contributed by atoms with Crippen LogP contribution in [0.15, 0.2) is 32.6 Å². The molecule has 0 spiro atoms. The van der Waals surface area contributed by atoms with Gasteiger partial charge in [-0.05, 0) is 74.5 Å². The van der Waals surface area contributed by atoms with E-state index in [-0.39, 0.29) is 11.0 Å². The molecule has 1 aromatic heterocycles. The van der Waals surface area contributed by atoms with Crippen LogP contribution in [0.3, 0.4) is 0 Å². The Morgan fingerprint density at radius 2 is 1.90 bits per heavy atom. The summed E-state index contributed by atoms with van der Waals surface area (Å²) in [4.78, 5) is 31.3. The van der Waals surface area contributed by atoms with E-state index in [0.29, 0.717) is 40.7 Å². The highest BCUT2D eigenvalue weighted by Gasteiger charge is 2.54. The summed E-state index contributed by atoms with van der Waals surface area (Å²) in [5, 5.41) is 1.20. The van der Waals surface area contributed by atoms with Crippen molar-refractivity contribution in [3.63, 3.8) is 0 Å². The van der Waals surface area contributed by atoms with Gasteiger partial charge in [0.05, 0.1) is 29.8 Å². The Labute approximate surface area is 189 Å². The molecule has 0 unspecified atom stereocenters. The molecule has 7 heteroatoms. The fraction of sp³-hybridized carbons (Fsp3) is 0.609. The number of aromatic nitrogens is 2. The lowest BCUT2D eigenvalue weighted by Crippen LogP contribution is -2.50. The lowest BCUT2D eigenvalue weighted by atomic mass is 9.48. The number of benzene rings is 1. The third-order valence-corrected chi connectivity index (χ3v) is 8.83. The molecule has 0 N–H and O–H groups in total. The molecule has 4 aliphatic carbocycles. The van der Waals surface area contributed by atoms with E-state index in [1.807, 2.05) is 18.2 Å². The van der Waals surface area contributed by atoms with Gasteiger partial charge in [-0.3, -0.25) is 14.2 Å². The first kappa shape index (κ1) is 20.7. The van der Waals surface area contributed by atoms with Gasteiger partial charge < -0.3 is 4.74 Å². The second-order valence-corrected chi connectivity index (χ2v) is 11.3. The minimum atomic E-state index is -0.110. The van der Waals surface area contributed by atoms with Crippen LogP contribution in [0.1, 0.15) is 38.5 Å². The molecular weight excluding hydrogens is 464 g/mol. The van der Waals surface area contributed by atoms with Gasteiger partial charge in [0.25, 0.3) is 5.56 Å². The molecule has 4 bridgehead atoms. The fourth-order valence-electron chi connectivity index (χ4n) is 6.40. The molecule has 0 saturated heterocycles. The molecule has 0 amide bonds. The van der Waals surface area contributed by atoms with Gasteiger partial charge in [0.2, 0.25) is 0 Å². The Kier molecular flexibility index (Phi) is 5.57. The molecule has 0 radical (unpaired) electrons. The first-order valence-electron chi connectivity index (χ1n) is 10.8. The van der Waals surface area contributed by atoms with Crippen molar-refractivity contribution in [2.24, 2.45) is 23.2 Å². The van der Waals surface area contributed by atoms with Gasteiger partial charge in [-0.2, -0.15) is 0 Å². The topological polar surface area (TPSA) is 61.2 Å². The maximum absolute atomic E-state index is 13.4. The first-order valence-corrected chi connectivity index (χ1v) is 12.6. The molecule has 2 aromatic rings. The molecular formula is C23H27BrN2O3S. The lowest BCUT2D eigenvalue weighted by molar-refractivity contribution is -0.141. The van der Waals surface area contributed by atoms with Crippen LogP contribution in [0.2, 0.25) is 0 Å².